The molecule has 0 aliphatic carbocycles. The minimum Gasteiger partial charge on any atom is -0.343 e. The van der Waals surface area contributed by atoms with Gasteiger partial charge in [0.1, 0.15) is 5.69 Å². The average Bonchev–Trinajstić information content (AvgIpc) is 3.08. The van der Waals surface area contributed by atoms with E-state index in [9.17, 15) is 4.79 Å². The predicted molar refractivity (Wildman–Crippen MR) is 91.3 cm³/mol. The van der Waals surface area contributed by atoms with Gasteiger partial charge < -0.3 is 10.2 Å². The maximum atomic E-state index is 12.6. The maximum absolute atomic E-state index is 12.6. The highest BCUT2D eigenvalue weighted by atomic mass is 16.1. The first-order valence-electron chi connectivity index (χ1n) is 8.24. The number of likely N-dealkylation sites (tertiary alicyclic amines) is 1. The van der Waals surface area contributed by atoms with Gasteiger partial charge in [-0.15, -0.1) is 0 Å². The lowest BCUT2D eigenvalue weighted by Crippen LogP contribution is -2.37. The summed E-state index contributed by atoms with van der Waals surface area (Å²) in [5.74, 6) is -0.109. The van der Waals surface area contributed by atoms with E-state index in [0.29, 0.717) is 5.69 Å². The van der Waals surface area contributed by atoms with Crippen molar-refractivity contribution in [2.24, 2.45) is 0 Å². The van der Waals surface area contributed by atoms with Crippen molar-refractivity contribution in [1.29, 1.82) is 0 Å². The van der Waals surface area contributed by atoms with Crippen molar-refractivity contribution >= 4 is 5.91 Å². The first-order chi connectivity index (χ1) is 11.2. The fourth-order valence-corrected chi connectivity index (χ4v) is 3.04. The molecule has 1 aromatic heterocycles. The summed E-state index contributed by atoms with van der Waals surface area (Å²) in [7, 11) is 0. The van der Waals surface area contributed by atoms with E-state index in [0.717, 1.165) is 30.9 Å². The lowest BCUT2D eigenvalue weighted by atomic mass is 10.1. The smallest absolute Gasteiger partial charge is 0.270 e. The lowest BCUT2D eigenvalue weighted by Gasteiger charge is -2.25. The van der Waals surface area contributed by atoms with Crippen molar-refractivity contribution in [3.63, 3.8) is 0 Å². The molecule has 1 atom stereocenters. The Morgan fingerprint density at radius 2 is 1.87 bits per heavy atom. The summed E-state index contributed by atoms with van der Waals surface area (Å²) in [5.41, 5.74) is 2.47. The van der Waals surface area contributed by atoms with Crippen LogP contribution in [0.15, 0.2) is 48.5 Å². The largest absolute Gasteiger partial charge is 0.343 e. The third-order valence-electron chi connectivity index (χ3n) is 4.27. The molecule has 1 aromatic carbocycles. The predicted octanol–water partition coefficient (Wildman–Crippen LogP) is 2.96. The summed E-state index contributed by atoms with van der Waals surface area (Å²) in [6.45, 7) is 4.97. The Bertz CT molecular complexity index is 651. The van der Waals surface area contributed by atoms with E-state index in [1.165, 1.54) is 12.8 Å². The van der Waals surface area contributed by atoms with Crippen LogP contribution in [0.2, 0.25) is 0 Å². The van der Waals surface area contributed by atoms with Crippen molar-refractivity contribution in [2.75, 3.05) is 19.6 Å². The fraction of sp³-hybridized carbons (Fsp3) is 0.368. The van der Waals surface area contributed by atoms with Gasteiger partial charge in [0.15, 0.2) is 0 Å². The number of carbonyl (C=O) groups excluding carboxylic acids is 1. The topological polar surface area (TPSA) is 45.2 Å². The molecule has 4 nitrogen and oxygen atoms in total. The number of aryl methyl sites for hydroxylation is 1. The van der Waals surface area contributed by atoms with Gasteiger partial charge in [-0.1, -0.05) is 36.4 Å². The molecular formula is C19H23N3O. The summed E-state index contributed by atoms with van der Waals surface area (Å²) in [6, 6.07) is 15.7. The Kier molecular flexibility index (Phi) is 5.03. The number of nitrogens with one attached hydrogen (secondary N) is 1. The van der Waals surface area contributed by atoms with E-state index in [2.05, 4.69) is 27.3 Å². The van der Waals surface area contributed by atoms with Crippen LogP contribution < -0.4 is 5.32 Å². The molecule has 23 heavy (non-hydrogen) atoms. The molecule has 2 aromatic rings. The minimum atomic E-state index is -0.109. The molecule has 3 rings (SSSR count). The number of amides is 1. The molecule has 1 aliphatic rings. The van der Waals surface area contributed by atoms with Crippen LogP contribution in [0.4, 0.5) is 0 Å². The van der Waals surface area contributed by atoms with Gasteiger partial charge in [0, 0.05) is 12.2 Å². The zero-order valence-corrected chi connectivity index (χ0v) is 13.5. The highest BCUT2D eigenvalue weighted by molar-refractivity contribution is 5.92. The van der Waals surface area contributed by atoms with Crippen molar-refractivity contribution in [3.8, 4) is 0 Å². The quantitative estimate of drug-likeness (QED) is 0.923. The van der Waals surface area contributed by atoms with E-state index in [1.54, 1.807) is 6.07 Å². The van der Waals surface area contributed by atoms with Crippen LogP contribution in [0, 0.1) is 6.92 Å². The van der Waals surface area contributed by atoms with Crippen molar-refractivity contribution in [3.05, 3.63) is 65.5 Å². The number of hydrogen-bond acceptors (Lipinski definition) is 3. The molecule has 4 heteroatoms. The normalized spacial score (nSPS) is 16.2. The third-order valence-corrected chi connectivity index (χ3v) is 4.27. The molecule has 0 bridgehead atoms. The molecule has 0 saturated carbocycles. The van der Waals surface area contributed by atoms with Crippen LogP contribution in [-0.2, 0) is 0 Å². The highest BCUT2D eigenvalue weighted by Gasteiger charge is 2.21. The lowest BCUT2D eigenvalue weighted by molar-refractivity contribution is 0.0922. The molecule has 2 heterocycles. The molecule has 0 radical (unpaired) electrons. The summed E-state index contributed by atoms with van der Waals surface area (Å²) >= 11 is 0. The van der Waals surface area contributed by atoms with E-state index >= 15 is 0 Å². The SMILES string of the molecule is Cc1cccc(C(=O)NC(CN2CCCC2)c2ccccc2)n1. The van der Waals surface area contributed by atoms with Gasteiger partial charge in [0.05, 0.1) is 6.04 Å². The third kappa shape index (κ3) is 4.17. The number of aromatic nitrogens is 1. The Labute approximate surface area is 137 Å². The number of hydrogen-bond donors (Lipinski definition) is 1. The summed E-state index contributed by atoms with van der Waals surface area (Å²) in [5, 5.41) is 3.16. The molecule has 1 aliphatic heterocycles. The standard InChI is InChI=1S/C19H23N3O/c1-15-8-7-11-17(20-15)19(23)21-18(14-22-12-5-6-13-22)16-9-3-2-4-10-16/h2-4,7-11,18H,5-6,12-14H2,1H3,(H,21,23). The number of nitrogens with zero attached hydrogens (tertiary/aromatic N) is 2. The molecule has 1 N–H and O–H groups in total. The Hall–Kier alpha value is -2.20. The second-order valence-corrected chi connectivity index (χ2v) is 6.11. The molecule has 1 amide bonds. The number of rotatable bonds is 5. The second-order valence-electron chi connectivity index (χ2n) is 6.11. The van der Waals surface area contributed by atoms with Crippen LogP contribution >= 0.6 is 0 Å². The first-order valence-corrected chi connectivity index (χ1v) is 8.24. The van der Waals surface area contributed by atoms with E-state index < -0.39 is 0 Å². The van der Waals surface area contributed by atoms with Crippen molar-refractivity contribution in [2.45, 2.75) is 25.8 Å². The van der Waals surface area contributed by atoms with Crippen LogP contribution in [0.5, 0.6) is 0 Å². The molecule has 120 valence electrons. The molecule has 1 fully saturated rings. The van der Waals surface area contributed by atoms with Crippen LogP contribution in [0.3, 0.4) is 0 Å². The Morgan fingerprint density at radius 3 is 2.57 bits per heavy atom. The summed E-state index contributed by atoms with van der Waals surface area (Å²) in [6.07, 6.45) is 2.49. The second kappa shape index (κ2) is 7.38. The summed E-state index contributed by atoms with van der Waals surface area (Å²) < 4.78 is 0. The molecular weight excluding hydrogens is 286 g/mol. The van der Waals surface area contributed by atoms with Crippen molar-refractivity contribution in [1.82, 2.24) is 15.2 Å². The van der Waals surface area contributed by atoms with Crippen molar-refractivity contribution < 1.29 is 4.79 Å². The number of pyridine rings is 1. The monoisotopic (exact) mass is 309 g/mol. The van der Waals surface area contributed by atoms with Gasteiger partial charge in [-0.25, -0.2) is 4.98 Å². The molecule has 1 unspecified atom stereocenters. The van der Waals surface area contributed by atoms with Gasteiger partial charge in [0.25, 0.3) is 5.91 Å². The summed E-state index contributed by atoms with van der Waals surface area (Å²) in [4.78, 5) is 19.3. The zero-order valence-electron chi connectivity index (χ0n) is 13.5. The van der Waals surface area contributed by atoms with Gasteiger partial charge >= 0.3 is 0 Å². The van der Waals surface area contributed by atoms with Gasteiger partial charge in [-0.05, 0) is 50.6 Å². The number of benzene rings is 1. The number of carbonyl (C=O) groups is 1. The van der Waals surface area contributed by atoms with Gasteiger partial charge in [-0.3, -0.25) is 4.79 Å². The van der Waals surface area contributed by atoms with E-state index in [1.807, 2.05) is 37.3 Å². The zero-order chi connectivity index (χ0) is 16.1. The van der Waals surface area contributed by atoms with E-state index in [-0.39, 0.29) is 11.9 Å². The van der Waals surface area contributed by atoms with Crippen LogP contribution in [0.1, 0.15) is 40.6 Å². The van der Waals surface area contributed by atoms with Crippen LogP contribution in [0.25, 0.3) is 0 Å². The molecule has 1 saturated heterocycles. The van der Waals surface area contributed by atoms with Gasteiger partial charge in [-0.2, -0.15) is 0 Å². The molecule has 0 spiro atoms. The Balaban J connectivity index is 1.76. The fourth-order valence-electron chi connectivity index (χ4n) is 3.04. The maximum Gasteiger partial charge on any atom is 0.270 e. The minimum absolute atomic E-state index is 0.0101. The first kappa shape index (κ1) is 15.7. The van der Waals surface area contributed by atoms with E-state index in [4.69, 9.17) is 0 Å². The Morgan fingerprint density at radius 1 is 1.13 bits per heavy atom. The van der Waals surface area contributed by atoms with Gasteiger partial charge in [0.2, 0.25) is 0 Å². The van der Waals surface area contributed by atoms with Crippen LogP contribution in [-0.4, -0.2) is 35.4 Å². The highest BCUT2D eigenvalue weighted by Crippen LogP contribution is 2.18. The average molecular weight is 309 g/mol.